The van der Waals surface area contributed by atoms with Crippen LogP contribution in [0.1, 0.15) is 58.3 Å². The summed E-state index contributed by atoms with van der Waals surface area (Å²) in [5.41, 5.74) is 3.67. The van der Waals surface area contributed by atoms with Gasteiger partial charge in [0.05, 0.1) is 34.9 Å². The summed E-state index contributed by atoms with van der Waals surface area (Å²) in [6.07, 6.45) is 3.17. The van der Waals surface area contributed by atoms with Crippen LogP contribution in [0.25, 0.3) is 22.3 Å². The average Bonchev–Trinajstić information content (AvgIpc) is 3.66. The third kappa shape index (κ3) is 5.48. The molecule has 1 saturated carbocycles. The Morgan fingerprint density at radius 2 is 1.91 bits per heavy atom. The van der Waals surface area contributed by atoms with E-state index in [4.69, 9.17) is 9.47 Å². The van der Waals surface area contributed by atoms with Gasteiger partial charge < -0.3 is 19.1 Å². The minimum Gasteiger partial charge on any atom is -0.478 e. The molecular weight excluding hydrogens is 556 g/mol. The summed E-state index contributed by atoms with van der Waals surface area (Å²) in [7, 11) is 1.92. The molecule has 1 aliphatic carbocycles. The highest BCUT2D eigenvalue weighted by atomic mass is 19.1. The van der Waals surface area contributed by atoms with Gasteiger partial charge in [0.1, 0.15) is 29.8 Å². The molecule has 1 aliphatic heterocycles. The van der Waals surface area contributed by atoms with Gasteiger partial charge in [-0.15, -0.1) is 0 Å². The van der Waals surface area contributed by atoms with E-state index in [9.17, 15) is 9.90 Å². The molecule has 2 fully saturated rings. The molecule has 11 heteroatoms. The van der Waals surface area contributed by atoms with E-state index in [-0.39, 0.29) is 47.4 Å². The molecule has 9 nitrogen and oxygen atoms in total. The highest BCUT2D eigenvalue weighted by Gasteiger charge is 2.27. The first-order chi connectivity index (χ1) is 20.8. The lowest BCUT2D eigenvalue weighted by molar-refractivity contribution is -0.0589. The fraction of sp³-hybridized carbons (Fsp3) is 0.312. The maximum atomic E-state index is 15.5. The number of fused-ring (bicyclic) bond motifs is 1. The number of ether oxygens (including phenoxy) is 2. The van der Waals surface area contributed by atoms with Crippen LogP contribution in [0.4, 0.5) is 8.78 Å². The van der Waals surface area contributed by atoms with Crippen LogP contribution in [-0.2, 0) is 31.4 Å². The number of aromatic carboxylic acids is 1. The van der Waals surface area contributed by atoms with Crippen LogP contribution in [0.3, 0.4) is 0 Å². The summed E-state index contributed by atoms with van der Waals surface area (Å²) in [6, 6.07) is 14.0. The largest absolute Gasteiger partial charge is 0.478 e. The second kappa shape index (κ2) is 10.9. The van der Waals surface area contributed by atoms with Crippen molar-refractivity contribution in [2.75, 3.05) is 6.61 Å². The molecule has 2 aliphatic rings. The van der Waals surface area contributed by atoms with Crippen molar-refractivity contribution >= 4 is 17.0 Å². The first-order valence-corrected chi connectivity index (χ1v) is 14.3. The topological polar surface area (TPSA) is 104 Å². The number of aromatic nitrogens is 5. The fourth-order valence-corrected chi connectivity index (χ4v) is 5.53. The van der Waals surface area contributed by atoms with Crippen molar-refractivity contribution in [2.45, 2.75) is 50.9 Å². The fourth-order valence-electron chi connectivity index (χ4n) is 5.53. The number of rotatable bonds is 10. The molecule has 0 amide bonds. The molecule has 0 unspecified atom stereocenters. The SMILES string of the molecule is Cn1nc(COc2cccc(-c3cc(F)c(Cc4nc5ccc(C(=O)O)cc5n4C[C@@H]4CCO4)cc3F)n2)cc1C1CC1. The van der Waals surface area contributed by atoms with Gasteiger partial charge in [-0.2, -0.15) is 5.10 Å². The number of carboxylic acids is 1. The smallest absolute Gasteiger partial charge is 0.335 e. The highest BCUT2D eigenvalue weighted by Crippen LogP contribution is 2.40. The Hall–Kier alpha value is -4.64. The Morgan fingerprint density at radius 3 is 2.65 bits per heavy atom. The monoisotopic (exact) mass is 585 g/mol. The van der Waals surface area contributed by atoms with E-state index in [1.54, 1.807) is 30.3 Å². The molecular formula is C32H29F2N5O4. The number of hydrogen-bond acceptors (Lipinski definition) is 6. The quantitative estimate of drug-likeness (QED) is 0.226. The van der Waals surface area contributed by atoms with Crippen molar-refractivity contribution < 1.29 is 28.2 Å². The Kier molecular flexibility index (Phi) is 6.89. The minimum absolute atomic E-state index is 0.0103. The van der Waals surface area contributed by atoms with Gasteiger partial charge in [-0.3, -0.25) is 4.68 Å². The number of hydrogen-bond donors (Lipinski definition) is 1. The average molecular weight is 586 g/mol. The van der Waals surface area contributed by atoms with Crippen LogP contribution in [0.2, 0.25) is 0 Å². The zero-order valence-corrected chi connectivity index (χ0v) is 23.5. The van der Waals surface area contributed by atoms with E-state index in [0.29, 0.717) is 35.9 Å². The number of nitrogens with zero attached hydrogens (tertiary/aromatic N) is 5. The van der Waals surface area contributed by atoms with Gasteiger partial charge >= 0.3 is 5.97 Å². The van der Waals surface area contributed by atoms with Crippen molar-refractivity contribution in [1.29, 1.82) is 0 Å². The lowest BCUT2D eigenvalue weighted by atomic mass is 10.0. The standard InChI is InChI=1S/C32H29F2N5O4/c1-38-28(18-5-6-18)14-21(37-38)17-43-31-4-2-3-26(36-31)23-15-24(33)20(11-25(23)34)13-30-35-27-8-7-19(32(40)41)12-29(27)39(30)16-22-9-10-42-22/h2-4,7-8,11-12,14-15,18,22H,5-6,9-10,13,16-17H2,1H3,(H,40,41)/t22-/m0/s1. The van der Waals surface area contributed by atoms with Crippen LogP contribution < -0.4 is 4.74 Å². The number of carbonyl (C=O) groups is 1. The number of imidazole rings is 1. The number of halogens is 2. The number of pyridine rings is 1. The van der Waals surface area contributed by atoms with Gasteiger partial charge in [0.2, 0.25) is 5.88 Å². The van der Waals surface area contributed by atoms with Gasteiger partial charge in [-0.1, -0.05) is 6.07 Å². The third-order valence-corrected chi connectivity index (χ3v) is 8.07. The van der Waals surface area contributed by atoms with Crippen molar-refractivity contribution in [2.24, 2.45) is 7.05 Å². The second-order valence-electron chi connectivity index (χ2n) is 11.1. The molecule has 7 rings (SSSR count). The van der Waals surface area contributed by atoms with Crippen molar-refractivity contribution in [3.8, 4) is 17.1 Å². The Balaban J connectivity index is 1.13. The van der Waals surface area contributed by atoms with Crippen LogP contribution in [-0.4, -0.2) is 48.1 Å². The summed E-state index contributed by atoms with van der Waals surface area (Å²) >= 11 is 0. The molecule has 3 aromatic heterocycles. The molecule has 5 aromatic rings. The summed E-state index contributed by atoms with van der Waals surface area (Å²) in [6.45, 7) is 1.31. The zero-order valence-electron chi connectivity index (χ0n) is 23.5. The van der Waals surface area contributed by atoms with E-state index >= 15 is 8.78 Å². The second-order valence-corrected chi connectivity index (χ2v) is 11.1. The lowest BCUT2D eigenvalue weighted by Crippen LogP contribution is -2.31. The van der Waals surface area contributed by atoms with Crippen molar-refractivity contribution in [3.05, 3.63) is 94.6 Å². The van der Waals surface area contributed by atoms with Gasteiger partial charge in [-0.05, 0) is 67.3 Å². The molecule has 0 bridgehead atoms. The maximum absolute atomic E-state index is 15.5. The van der Waals surface area contributed by atoms with E-state index < -0.39 is 17.6 Å². The molecule has 1 saturated heterocycles. The minimum atomic E-state index is -1.05. The maximum Gasteiger partial charge on any atom is 0.335 e. The predicted molar refractivity (Wildman–Crippen MR) is 153 cm³/mol. The molecule has 220 valence electrons. The lowest BCUT2D eigenvalue weighted by Gasteiger charge is -2.27. The number of benzene rings is 2. The predicted octanol–water partition coefficient (Wildman–Crippen LogP) is 5.64. The molecule has 1 atom stereocenters. The summed E-state index contributed by atoms with van der Waals surface area (Å²) < 4.78 is 46.1. The molecule has 2 aromatic carbocycles. The van der Waals surface area contributed by atoms with Crippen molar-refractivity contribution in [3.63, 3.8) is 0 Å². The first-order valence-electron chi connectivity index (χ1n) is 14.3. The van der Waals surface area contributed by atoms with E-state index in [1.165, 1.54) is 30.7 Å². The molecule has 43 heavy (non-hydrogen) atoms. The molecule has 4 heterocycles. The summed E-state index contributed by atoms with van der Waals surface area (Å²) in [5, 5.41) is 14.0. The summed E-state index contributed by atoms with van der Waals surface area (Å²) in [5.74, 6) is -0.940. The highest BCUT2D eigenvalue weighted by molar-refractivity contribution is 5.92. The number of carboxylic acid groups (broad SMARTS) is 1. The first kappa shape index (κ1) is 27.2. The van der Waals surface area contributed by atoms with Gasteiger partial charge in [0.25, 0.3) is 0 Å². The molecule has 1 N–H and O–H groups in total. The van der Waals surface area contributed by atoms with E-state index in [0.717, 1.165) is 18.2 Å². The van der Waals surface area contributed by atoms with Crippen LogP contribution in [0.5, 0.6) is 5.88 Å². The van der Waals surface area contributed by atoms with Gasteiger partial charge in [-0.25, -0.2) is 23.5 Å². The van der Waals surface area contributed by atoms with Crippen LogP contribution in [0.15, 0.2) is 54.6 Å². The van der Waals surface area contributed by atoms with E-state index in [1.807, 2.05) is 22.4 Å². The summed E-state index contributed by atoms with van der Waals surface area (Å²) in [4.78, 5) is 20.6. The Labute approximate surface area is 245 Å². The third-order valence-electron chi connectivity index (χ3n) is 8.07. The van der Waals surface area contributed by atoms with E-state index in [2.05, 4.69) is 15.1 Å². The van der Waals surface area contributed by atoms with Crippen LogP contribution in [0, 0.1) is 11.6 Å². The molecule has 0 radical (unpaired) electrons. The van der Waals surface area contributed by atoms with Gasteiger partial charge in [0, 0.05) is 43.3 Å². The van der Waals surface area contributed by atoms with Gasteiger partial charge in [0.15, 0.2) is 0 Å². The number of aryl methyl sites for hydroxylation is 1. The van der Waals surface area contributed by atoms with Crippen LogP contribution >= 0.6 is 0 Å². The normalized spacial score (nSPS) is 16.4. The molecule has 0 spiro atoms. The zero-order chi connectivity index (χ0) is 29.7. The Morgan fingerprint density at radius 1 is 1.07 bits per heavy atom. The van der Waals surface area contributed by atoms with Crippen molar-refractivity contribution in [1.82, 2.24) is 24.3 Å². The Bertz CT molecular complexity index is 1860.